The molecule has 1 amide bonds. The Kier molecular flexibility index (Phi) is 3.78. The van der Waals surface area contributed by atoms with E-state index in [4.69, 9.17) is 9.47 Å². The van der Waals surface area contributed by atoms with Gasteiger partial charge in [-0.2, -0.15) is 4.98 Å². The number of ether oxygens (including phenoxy) is 2. The minimum Gasteiger partial charge on any atom is -0.480 e. The first-order valence-electron chi connectivity index (χ1n) is 7.80. The third kappa shape index (κ3) is 3.01. The zero-order valence-corrected chi connectivity index (χ0v) is 13.5. The van der Waals surface area contributed by atoms with Gasteiger partial charge in [0.05, 0.1) is 19.1 Å². The fourth-order valence-corrected chi connectivity index (χ4v) is 2.74. The summed E-state index contributed by atoms with van der Waals surface area (Å²) in [6.07, 6.45) is 2.04. The predicted molar refractivity (Wildman–Crippen MR) is 92.9 cm³/mol. The quantitative estimate of drug-likeness (QED) is 0.792. The Morgan fingerprint density at radius 1 is 1.12 bits per heavy atom. The molecule has 0 radical (unpaired) electrons. The van der Waals surface area contributed by atoms with Crippen LogP contribution in [-0.2, 0) is 11.2 Å². The summed E-state index contributed by atoms with van der Waals surface area (Å²) in [6, 6.07) is 15.3. The first-order chi connectivity index (χ1) is 12.2. The van der Waals surface area contributed by atoms with Crippen molar-refractivity contribution < 1.29 is 14.3 Å². The van der Waals surface area contributed by atoms with Crippen LogP contribution in [0.1, 0.15) is 5.56 Å². The van der Waals surface area contributed by atoms with Crippen molar-refractivity contribution in [2.45, 2.75) is 6.42 Å². The Hall–Kier alpha value is -3.41. The smallest absolute Gasteiger partial charge is 0.325 e. The molecular weight excluding hydrogens is 318 g/mol. The third-order valence-electron chi connectivity index (χ3n) is 3.92. The number of nitrogens with one attached hydrogen (secondary N) is 1. The van der Waals surface area contributed by atoms with Gasteiger partial charge in [0.15, 0.2) is 0 Å². The third-order valence-corrected chi connectivity index (χ3v) is 3.92. The first kappa shape index (κ1) is 15.1. The average molecular weight is 333 g/mol. The minimum atomic E-state index is 0.00183. The monoisotopic (exact) mass is 333 g/mol. The van der Waals surface area contributed by atoms with Crippen molar-refractivity contribution in [3.63, 3.8) is 0 Å². The van der Waals surface area contributed by atoms with Crippen LogP contribution in [0.2, 0.25) is 0 Å². The summed E-state index contributed by atoms with van der Waals surface area (Å²) in [5.41, 5.74) is 3.43. The lowest BCUT2D eigenvalue weighted by molar-refractivity contribution is -0.115. The van der Waals surface area contributed by atoms with E-state index in [9.17, 15) is 4.79 Å². The maximum atomic E-state index is 11.5. The van der Waals surface area contributed by atoms with Gasteiger partial charge in [-0.15, -0.1) is 0 Å². The number of amides is 1. The number of nitrogens with zero attached hydrogens (tertiary/aromatic N) is 2. The second kappa shape index (κ2) is 6.24. The molecule has 1 aromatic heterocycles. The average Bonchev–Trinajstić information content (AvgIpc) is 3.01. The number of methoxy groups -OCH3 is 1. The molecule has 1 aliphatic rings. The van der Waals surface area contributed by atoms with E-state index in [-0.39, 0.29) is 11.9 Å². The number of carbonyl (C=O) groups is 1. The Morgan fingerprint density at radius 3 is 2.76 bits per heavy atom. The molecule has 124 valence electrons. The standard InChI is InChI=1S/C19H15N3O3/c1-24-18-15(12-7-8-16-13(9-12)10-17(23)21-16)11-20-19(22-18)25-14-5-3-2-4-6-14/h2-9,11H,10H2,1H3,(H,21,23). The number of hydrogen-bond donors (Lipinski definition) is 1. The van der Waals surface area contributed by atoms with E-state index in [0.29, 0.717) is 18.1 Å². The number of fused-ring (bicyclic) bond motifs is 1. The lowest BCUT2D eigenvalue weighted by Crippen LogP contribution is -2.03. The molecule has 0 atom stereocenters. The highest BCUT2D eigenvalue weighted by Crippen LogP contribution is 2.33. The second-order valence-electron chi connectivity index (χ2n) is 5.59. The van der Waals surface area contributed by atoms with Crippen molar-refractivity contribution in [1.82, 2.24) is 9.97 Å². The molecule has 4 rings (SSSR count). The van der Waals surface area contributed by atoms with Gasteiger partial charge in [-0.05, 0) is 35.4 Å². The van der Waals surface area contributed by atoms with Crippen LogP contribution in [0.25, 0.3) is 11.1 Å². The van der Waals surface area contributed by atoms with Crippen LogP contribution in [0, 0.1) is 0 Å². The number of anilines is 1. The predicted octanol–water partition coefficient (Wildman–Crippen LogP) is 3.44. The highest BCUT2D eigenvalue weighted by atomic mass is 16.5. The van der Waals surface area contributed by atoms with Crippen LogP contribution in [0.4, 0.5) is 5.69 Å². The van der Waals surface area contributed by atoms with Gasteiger partial charge in [-0.25, -0.2) is 4.98 Å². The van der Waals surface area contributed by atoms with Gasteiger partial charge >= 0.3 is 6.01 Å². The van der Waals surface area contributed by atoms with Crippen molar-refractivity contribution in [1.29, 1.82) is 0 Å². The molecule has 0 aliphatic carbocycles. The first-order valence-corrected chi connectivity index (χ1v) is 7.80. The molecule has 2 aromatic carbocycles. The Morgan fingerprint density at radius 2 is 1.96 bits per heavy atom. The van der Waals surface area contributed by atoms with Gasteiger partial charge in [-0.1, -0.05) is 24.3 Å². The molecule has 0 spiro atoms. The summed E-state index contributed by atoms with van der Waals surface area (Å²) < 4.78 is 11.0. The molecule has 25 heavy (non-hydrogen) atoms. The van der Waals surface area contributed by atoms with Crippen LogP contribution in [-0.4, -0.2) is 23.0 Å². The molecule has 2 heterocycles. The SMILES string of the molecule is COc1nc(Oc2ccccc2)ncc1-c1ccc2c(c1)CC(=O)N2. The summed E-state index contributed by atoms with van der Waals surface area (Å²) in [5, 5.41) is 2.82. The molecule has 6 nitrogen and oxygen atoms in total. The van der Waals surface area contributed by atoms with Crippen LogP contribution in [0.3, 0.4) is 0 Å². The molecule has 0 fully saturated rings. The lowest BCUT2D eigenvalue weighted by Gasteiger charge is -2.10. The Balaban J connectivity index is 1.67. The number of benzene rings is 2. The molecule has 3 aromatic rings. The topological polar surface area (TPSA) is 73.3 Å². The van der Waals surface area contributed by atoms with Gasteiger partial charge in [0.1, 0.15) is 5.75 Å². The normalized spacial score (nSPS) is 12.4. The number of para-hydroxylation sites is 1. The highest BCUT2D eigenvalue weighted by molar-refractivity contribution is 5.99. The number of rotatable bonds is 4. The van der Waals surface area contributed by atoms with Crippen LogP contribution >= 0.6 is 0 Å². The van der Waals surface area contributed by atoms with E-state index in [2.05, 4.69) is 15.3 Å². The van der Waals surface area contributed by atoms with Gasteiger partial charge < -0.3 is 14.8 Å². The maximum absolute atomic E-state index is 11.5. The molecule has 0 saturated heterocycles. The molecule has 6 heteroatoms. The zero-order chi connectivity index (χ0) is 17.2. The van der Waals surface area contributed by atoms with Crippen LogP contribution < -0.4 is 14.8 Å². The van der Waals surface area contributed by atoms with E-state index in [1.807, 2.05) is 48.5 Å². The maximum Gasteiger partial charge on any atom is 0.325 e. The van der Waals surface area contributed by atoms with Crippen LogP contribution in [0.15, 0.2) is 54.7 Å². The molecule has 0 saturated carbocycles. The van der Waals surface area contributed by atoms with Crippen molar-refractivity contribution >= 4 is 11.6 Å². The number of hydrogen-bond acceptors (Lipinski definition) is 5. The fraction of sp³-hybridized carbons (Fsp3) is 0.105. The molecular formula is C19H15N3O3. The van der Waals surface area contributed by atoms with Crippen LogP contribution in [0.5, 0.6) is 17.6 Å². The van der Waals surface area contributed by atoms with Crippen molar-refractivity contribution in [3.8, 4) is 28.8 Å². The van der Waals surface area contributed by atoms with Gasteiger partial charge in [0.2, 0.25) is 11.8 Å². The van der Waals surface area contributed by atoms with E-state index < -0.39 is 0 Å². The van der Waals surface area contributed by atoms with Gasteiger partial charge in [0, 0.05) is 11.9 Å². The van der Waals surface area contributed by atoms with Crippen molar-refractivity contribution in [2.24, 2.45) is 0 Å². The largest absolute Gasteiger partial charge is 0.480 e. The Bertz CT molecular complexity index is 942. The van der Waals surface area contributed by atoms with Crippen molar-refractivity contribution in [2.75, 3.05) is 12.4 Å². The zero-order valence-electron chi connectivity index (χ0n) is 13.5. The summed E-state index contributed by atoms with van der Waals surface area (Å²) in [6.45, 7) is 0. The summed E-state index contributed by atoms with van der Waals surface area (Å²) in [7, 11) is 1.55. The molecule has 0 bridgehead atoms. The van der Waals surface area contributed by atoms with Gasteiger partial charge in [-0.3, -0.25) is 4.79 Å². The minimum absolute atomic E-state index is 0.00183. The summed E-state index contributed by atoms with van der Waals surface area (Å²) in [5.74, 6) is 1.07. The fourth-order valence-electron chi connectivity index (χ4n) is 2.74. The van der Waals surface area contributed by atoms with Gasteiger partial charge in [0.25, 0.3) is 0 Å². The second-order valence-corrected chi connectivity index (χ2v) is 5.59. The number of aromatic nitrogens is 2. The van der Waals surface area contributed by atoms with E-state index in [1.54, 1.807) is 13.3 Å². The Labute approximate surface area is 144 Å². The van der Waals surface area contributed by atoms with Crippen molar-refractivity contribution in [3.05, 3.63) is 60.3 Å². The highest BCUT2D eigenvalue weighted by Gasteiger charge is 2.19. The molecule has 0 unspecified atom stereocenters. The summed E-state index contributed by atoms with van der Waals surface area (Å²) in [4.78, 5) is 20.1. The number of carbonyl (C=O) groups excluding carboxylic acids is 1. The molecule has 1 aliphatic heterocycles. The van der Waals surface area contributed by atoms with E-state index in [0.717, 1.165) is 22.4 Å². The lowest BCUT2D eigenvalue weighted by atomic mass is 10.0. The molecule has 1 N–H and O–H groups in total. The van der Waals surface area contributed by atoms with E-state index in [1.165, 1.54) is 0 Å². The summed E-state index contributed by atoms with van der Waals surface area (Å²) >= 11 is 0. The van der Waals surface area contributed by atoms with E-state index >= 15 is 0 Å².